The Bertz CT molecular complexity index is 1380. The van der Waals surface area contributed by atoms with E-state index in [2.05, 4.69) is 51.5 Å². The second-order valence-corrected chi connectivity index (χ2v) is 8.87. The number of rotatable bonds is 6. The Balaban J connectivity index is 1.57. The Morgan fingerprint density at radius 2 is 1.74 bits per heavy atom. The molecule has 0 aliphatic carbocycles. The van der Waals surface area contributed by atoms with Gasteiger partial charge in [-0.2, -0.15) is 4.98 Å². The van der Waals surface area contributed by atoms with Gasteiger partial charge in [-0.15, -0.1) is 0 Å². The van der Waals surface area contributed by atoms with E-state index in [1.165, 1.54) is 17.7 Å². The molecule has 0 spiro atoms. The fourth-order valence-corrected chi connectivity index (χ4v) is 4.60. The molecular weight excluding hydrogens is 459 g/mol. The first-order valence-corrected chi connectivity index (χ1v) is 12.0. The lowest BCUT2D eigenvalue weighted by Gasteiger charge is -2.37. The molecule has 1 unspecified atom stereocenters. The maximum Gasteiger partial charge on any atom is 0.258 e. The zero-order valence-corrected chi connectivity index (χ0v) is 20.3. The summed E-state index contributed by atoms with van der Waals surface area (Å²) in [6, 6.07) is 24.5. The van der Waals surface area contributed by atoms with E-state index < -0.39 is 0 Å². The van der Waals surface area contributed by atoms with E-state index in [1.54, 1.807) is 12.1 Å². The first-order valence-electron chi connectivity index (χ1n) is 11.5. The molecule has 176 valence electrons. The molecule has 0 fully saturated rings. The molecule has 5 rings (SSSR count). The van der Waals surface area contributed by atoms with E-state index in [9.17, 15) is 4.39 Å². The molecule has 0 saturated heterocycles. The van der Waals surface area contributed by atoms with Crippen LogP contribution in [0.5, 0.6) is 0 Å². The molecule has 0 radical (unpaired) electrons. The number of aryl methyl sites for hydroxylation is 1. The topological polar surface area (TPSA) is 54.2 Å². The summed E-state index contributed by atoms with van der Waals surface area (Å²) in [5.41, 5.74) is 5.79. The number of benzene rings is 3. The average molecular weight is 485 g/mol. The molecule has 0 saturated carbocycles. The molecule has 1 aromatic heterocycles. The van der Waals surface area contributed by atoms with Crippen molar-refractivity contribution in [3.05, 3.63) is 113 Å². The van der Waals surface area contributed by atoms with Gasteiger partial charge in [-0.3, -0.25) is 0 Å². The third-order valence-corrected chi connectivity index (χ3v) is 6.58. The van der Waals surface area contributed by atoms with E-state index in [-0.39, 0.29) is 11.9 Å². The Kier molecular flexibility index (Phi) is 6.42. The van der Waals surface area contributed by atoms with Crippen LogP contribution in [0.4, 0.5) is 4.39 Å². The number of hydrogen-bond donors (Lipinski definition) is 1. The first kappa shape index (κ1) is 22.9. The Morgan fingerprint density at radius 1 is 1.00 bits per heavy atom. The number of hydrogen-bond acceptors (Lipinski definition) is 4. The summed E-state index contributed by atoms with van der Waals surface area (Å²) in [6.07, 6.45) is 0.997. The predicted molar refractivity (Wildman–Crippen MR) is 139 cm³/mol. The molecular formula is C28H25FN4OS. The molecule has 0 amide bonds. The van der Waals surface area contributed by atoms with Gasteiger partial charge in [0.25, 0.3) is 5.89 Å². The number of nitrogens with zero attached hydrogens (tertiary/aromatic N) is 3. The normalized spacial score (nSPS) is 15.9. The molecule has 0 bridgehead atoms. The van der Waals surface area contributed by atoms with E-state index in [1.807, 2.05) is 37.3 Å². The highest BCUT2D eigenvalue weighted by Gasteiger charge is 2.34. The van der Waals surface area contributed by atoms with Gasteiger partial charge < -0.3 is 14.7 Å². The molecule has 1 aliphatic heterocycles. The molecule has 1 N–H and O–H groups in total. The van der Waals surface area contributed by atoms with Gasteiger partial charge in [0.1, 0.15) is 5.82 Å². The molecule has 1 atom stereocenters. The average Bonchev–Trinajstić information content (AvgIpc) is 3.37. The highest BCUT2D eigenvalue weighted by molar-refractivity contribution is 7.80. The molecule has 7 heteroatoms. The van der Waals surface area contributed by atoms with Crippen LogP contribution in [-0.2, 0) is 13.0 Å². The number of halogens is 1. The summed E-state index contributed by atoms with van der Waals surface area (Å²) in [4.78, 5) is 6.70. The molecule has 4 aromatic rings. The lowest BCUT2D eigenvalue weighted by molar-refractivity contribution is 0.396. The lowest BCUT2D eigenvalue weighted by Crippen LogP contribution is -2.45. The minimum absolute atomic E-state index is 0.261. The number of aromatic nitrogens is 2. The second-order valence-electron chi connectivity index (χ2n) is 8.48. The Labute approximate surface area is 209 Å². The molecule has 5 nitrogen and oxygen atoms in total. The summed E-state index contributed by atoms with van der Waals surface area (Å²) in [5.74, 6) is 0.356. The highest BCUT2D eigenvalue weighted by atomic mass is 32.1. The fraction of sp³-hybridized carbons (Fsp3) is 0.179. The number of thiocarbonyl (C=S) groups is 1. The highest BCUT2D eigenvalue weighted by Crippen LogP contribution is 2.38. The van der Waals surface area contributed by atoms with Crippen LogP contribution in [-0.4, -0.2) is 20.2 Å². The van der Waals surface area contributed by atoms with Crippen LogP contribution < -0.4 is 5.32 Å². The largest absolute Gasteiger partial charge is 0.351 e. The predicted octanol–water partition coefficient (Wildman–Crippen LogP) is 6.30. The molecule has 3 aromatic carbocycles. The third kappa shape index (κ3) is 4.72. The van der Waals surface area contributed by atoms with Crippen LogP contribution >= 0.6 is 12.2 Å². The van der Waals surface area contributed by atoms with Crippen molar-refractivity contribution in [1.82, 2.24) is 20.4 Å². The van der Waals surface area contributed by atoms with Gasteiger partial charge in [-0.1, -0.05) is 78.8 Å². The van der Waals surface area contributed by atoms with Crippen molar-refractivity contribution >= 4 is 22.9 Å². The van der Waals surface area contributed by atoms with Gasteiger partial charge in [0, 0.05) is 17.8 Å². The lowest BCUT2D eigenvalue weighted by atomic mass is 9.94. The number of allylic oxidation sites excluding steroid dienone is 1. The van der Waals surface area contributed by atoms with Crippen LogP contribution in [0.15, 0.2) is 89.1 Å². The van der Waals surface area contributed by atoms with Gasteiger partial charge in [0.15, 0.2) is 5.11 Å². The van der Waals surface area contributed by atoms with Crippen LogP contribution in [0.2, 0.25) is 0 Å². The van der Waals surface area contributed by atoms with Crippen molar-refractivity contribution in [2.24, 2.45) is 0 Å². The standard InChI is InChI=1S/C28H25FN4OS/c1-3-19-12-14-20(15-13-19)17-33-18(2)24(25(30-28(33)35)21-8-5-4-6-9-21)27-31-26(32-34-27)22-10-7-11-23(29)16-22/h4-16,25H,3,17H2,1-2H3,(H,30,35). The second kappa shape index (κ2) is 9.80. The minimum Gasteiger partial charge on any atom is -0.351 e. The van der Waals surface area contributed by atoms with Gasteiger partial charge in [-0.25, -0.2) is 4.39 Å². The van der Waals surface area contributed by atoms with Gasteiger partial charge in [0.05, 0.1) is 11.6 Å². The summed E-state index contributed by atoms with van der Waals surface area (Å²) >= 11 is 5.80. The van der Waals surface area contributed by atoms with Crippen molar-refractivity contribution < 1.29 is 8.91 Å². The first-order chi connectivity index (χ1) is 17.0. The maximum atomic E-state index is 13.8. The maximum absolute atomic E-state index is 13.8. The summed E-state index contributed by atoms with van der Waals surface area (Å²) in [6.45, 7) is 4.77. The molecule has 35 heavy (non-hydrogen) atoms. The molecule has 1 aliphatic rings. The van der Waals surface area contributed by atoms with Crippen LogP contribution in [0.3, 0.4) is 0 Å². The van der Waals surface area contributed by atoms with Crippen LogP contribution in [0.1, 0.15) is 42.5 Å². The monoisotopic (exact) mass is 484 g/mol. The van der Waals surface area contributed by atoms with E-state index in [0.29, 0.717) is 28.9 Å². The van der Waals surface area contributed by atoms with Gasteiger partial charge in [-0.05, 0) is 54.4 Å². The van der Waals surface area contributed by atoms with Crippen molar-refractivity contribution in [3.63, 3.8) is 0 Å². The van der Waals surface area contributed by atoms with Crippen molar-refractivity contribution in [2.75, 3.05) is 0 Å². The third-order valence-electron chi connectivity index (χ3n) is 6.24. The van der Waals surface area contributed by atoms with Crippen molar-refractivity contribution in [2.45, 2.75) is 32.9 Å². The fourth-order valence-electron chi connectivity index (χ4n) is 4.28. The van der Waals surface area contributed by atoms with Gasteiger partial charge >= 0.3 is 0 Å². The quantitative estimate of drug-likeness (QED) is 0.324. The summed E-state index contributed by atoms with van der Waals surface area (Å²) in [5, 5.41) is 8.25. The Morgan fingerprint density at radius 3 is 2.46 bits per heavy atom. The number of nitrogens with one attached hydrogen (secondary N) is 1. The molecule has 2 heterocycles. The van der Waals surface area contributed by atoms with Crippen LogP contribution in [0.25, 0.3) is 17.0 Å². The van der Waals surface area contributed by atoms with Crippen molar-refractivity contribution in [3.8, 4) is 11.4 Å². The smallest absolute Gasteiger partial charge is 0.258 e. The van der Waals surface area contributed by atoms with Gasteiger partial charge in [0.2, 0.25) is 5.82 Å². The minimum atomic E-state index is -0.351. The van der Waals surface area contributed by atoms with Crippen LogP contribution in [0, 0.1) is 5.82 Å². The Hall–Kier alpha value is -3.84. The van der Waals surface area contributed by atoms with E-state index in [0.717, 1.165) is 28.8 Å². The zero-order valence-electron chi connectivity index (χ0n) is 19.5. The summed E-state index contributed by atoms with van der Waals surface area (Å²) in [7, 11) is 0. The van der Waals surface area contributed by atoms with E-state index in [4.69, 9.17) is 16.7 Å². The SMILES string of the molecule is CCc1ccc(CN2C(=S)NC(c3ccccc3)C(c3nc(-c4cccc(F)c4)no3)=C2C)cc1. The van der Waals surface area contributed by atoms with Crippen molar-refractivity contribution in [1.29, 1.82) is 0 Å². The van der Waals surface area contributed by atoms with E-state index >= 15 is 0 Å². The zero-order chi connectivity index (χ0) is 24.4. The summed E-state index contributed by atoms with van der Waals surface area (Å²) < 4.78 is 19.5.